The van der Waals surface area contributed by atoms with E-state index in [9.17, 15) is 5.11 Å². The molecule has 1 N–H and O–H groups in total. The van der Waals surface area contributed by atoms with Crippen LogP contribution in [0.4, 0.5) is 0 Å². The Morgan fingerprint density at radius 1 is 1.12 bits per heavy atom. The first kappa shape index (κ1) is 12.0. The van der Waals surface area contributed by atoms with Crippen LogP contribution in [0.2, 0.25) is 0 Å². The number of aliphatic hydroxyl groups excluding tert-OH is 1. The fraction of sp³-hybridized carbons (Fsp3) is 1.00. The fourth-order valence-electron chi connectivity index (χ4n) is 5.08. The highest BCUT2D eigenvalue weighted by Crippen LogP contribution is 2.62. The Balaban J connectivity index is 1.98. The van der Waals surface area contributed by atoms with Crippen molar-refractivity contribution < 1.29 is 9.84 Å². The molecule has 2 saturated carbocycles. The molecule has 0 aromatic rings. The molecule has 6 atom stereocenters. The number of hydrogen-bond donors (Lipinski definition) is 1. The molecule has 2 heteroatoms. The van der Waals surface area contributed by atoms with Gasteiger partial charge in [0.05, 0.1) is 17.3 Å². The van der Waals surface area contributed by atoms with Gasteiger partial charge in [0.25, 0.3) is 0 Å². The topological polar surface area (TPSA) is 29.5 Å². The molecule has 0 spiro atoms. The Kier molecular flexibility index (Phi) is 2.45. The van der Waals surface area contributed by atoms with Crippen molar-refractivity contribution in [3.8, 4) is 0 Å². The average Bonchev–Trinajstić information content (AvgIpc) is 2.59. The van der Waals surface area contributed by atoms with Crippen molar-refractivity contribution >= 4 is 0 Å². The summed E-state index contributed by atoms with van der Waals surface area (Å²) in [5, 5.41) is 10.8. The summed E-state index contributed by atoms with van der Waals surface area (Å²) >= 11 is 0. The largest absolute Gasteiger partial charge is 0.392 e. The highest BCUT2D eigenvalue weighted by atomic mass is 16.5. The van der Waals surface area contributed by atoms with E-state index in [-0.39, 0.29) is 17.3 Å². The summed E-state index contributed by atoms with van der Waals surface area (Å²) in [5.41, 5.74) is -0.00528. The second-order valence-corrected chi connectivity index (χ2v) is 7.34. The Bertz CT molecular complexity index is 325. The van der Waals surface area contributed by atoms with E-state index in [0.29, 0.717) is 23.7 Å². The molecule has 98 valence electrons. The van der Waals surface area contributed by atoms with Crippen LogP contribution in [0, 0.1) is 23.7 Å². The minimum absolute atomic E-state index is 0.0439. The van der Waals surface area contributed by atoms with Crippen molar-refractivity contribution in [2.75, 3.05) is 0 Å². The summed E-state index contributed by atoms with van der Waals surface area (Å²) in [7, 11) is 0. The van der Waals surface area contributed by atoms with Crippen LogP contribution < -0.4 is 0 Å². The lowest BCUT2D eigenvalue weighted by molar-refractivity contribution is -0.148. The smallest absolute Gasteiger partial charge is 0.0718 e. The van der Waals surface area contributed by atoms with Gasteiger partial charge in [-0.2, -0.15) is 0 Å². The number of ether oxygens (including phenoxy) is 1. The minimum Gasteiger partial charge on any atom is -0.392 e. The van der Waals surface area contributed by atoms with E-state index < -0.39 is 0 Å². The molecule has 2 nitrogen and oxygen atoms in total. The van der Waals surface area contributed by atoms with E-state index >= 15 is 0 Å². The zero-order valence-electron chi connectivity index (χ0n) is 11.6. The first-order chi connectivity index (χ1) is 7.87. The summed E-state index contributed by atoms with van der Waals surface area (Å²) in [5.74, 6) is 2.01. The third kappa shape index (κ3) is 1.46. The van der Waals surface area contributed by atoms with Gasteiger partial charge in [-0.25, -0.2) is 0 Å². The second kappa shape index (κ2) is 3.48. The van der Waals surface area contributed by atoms with E-state index in [1.54, 1.807) is 0 Å². The van der Waals surface area contributed by atoms with Crippen LogP contribution in [0.1, 0.15) is 53.4 Å². The maximum atomic E-state index is 10.8. The van der Waals surface area contributed by atoms with Crippen LogP contribution in [0.5, 0.6) is 0 Å². The lowest BCUT2D eigenvalue weighted by Gasteiger charge is -2.40. The lowest BCUT2D eigenvalue weighted by atomic mass is 9.76. The molecular formula is C15H26O2. The van der Waals surface area contributed by atoms with Crippen LogP contribution >= 0.6 is 0 Å². The van der Waals surface area contributed by atoms with Crippen LogP contribution in [-0.2, 0) is 4.74 Å². The van der Waals surface area contributed by atoms with Crippen molar-refractivity contribution in [1.29, 1.82) is 0 Å². The SMILES string of the molecule is CC(C)C1CCC2(C)OC3(C)CCC2C3C1O. The van der Waals surface area contributed by atoms with Crippen molar-refractivity contribution in [3.05, 3.63) is 0 Å². The van der Waals surface area contributed by atoms with Gasteiger partial charge in [-0.3, -0.25) is 0 Å². The zero-order valence-corrected chi connectivity index (χ0v) is 11.6. The molecule has 2 aliphatic carbocycles. The maximum Gasteiger partial charge on any atom is 0.0718 e. The molecule has 0 amide bonds. The predicted octanol–water partition coefficient (Wildman–Crippen LogP) is 2.99. The summed E-state index contributed by atoms with van der Waals surface area (Å²) in [6.45, 7) is 9.01. The first-order valence-corrected chi connectivity index (χ1v) is 7.26. The third-order valence-electron chi connectivity index (χ3n) is 5.98. The molecular weight excluding hydrogens is 212 g/mol. The van der Waals surface area contributed by atoms with Gasteiger partial charge >= 0.3 is 0 Å². The monoisotopic (exact) mass is 238 g/mol. The minimum atomic E-state index is -0.156. The molecule has 1 heterocycles. The molecule has 0 radical (unpaired) electrons. The van der Waals surface area contributed by atoms with Gasteiger partial charge in [-0.15, -0.1) is 0 Å². The number of rotatable bonds is 1. The van der Waals surface area contributed by atoms with E-state index in [1.807, 2.05) is 0 Å². The van der Waals surface area contributed by atoms with Crippen LogP contribution in [0.25, 0.3) is 0 Å². The van der Waals surface area contributed by atoms with Gasteiger partial charge in [0.2, 0.25) is 0 Å². The summed E-state index contributed by atoms with van der Waals surface area (Å²) in [4.78, 5) is 0. The fourth-order valence-corrected chi connectivity index (χ4v) is 5.08. The Morgan fingerprint density at radius 3 is 2.41 bits per heavy atom. The quantitative estimate of drug-likeness (QED) is 0.761. The van der Waals surface area contributed by atoms with Gasteiger partial charge < -0.3 is 9.84 Å². The standard InChI is InChI=1S/C15H26O2/c1-9(2)10-5-7-14(3)11-6-8-15(4,17-14)12(11)13(10)16/h9-13,16H,5-8H2,1-4H3. The van der Waals surface area contributed by atoms with Crippen molar-refractivity contribution in [1.82, 2.24) is 0 Å². The molecule has 0 aromatic carbocycles. The molecule has 1 aliphatic heterocycles. The molecule has 6 unspecified atom stereocenters. The van der Waals surface area contributed by atoms with Gasteiger partial charge in [0.15, 0.2) is 0 Å². The molecule has 4 bridgehead atoms. The third-order valence-corrected chi connectivity index (χ3v) is 5.98. The van der Waals surface area contributed by atoms with Crippen LogP contribution in [0.15, 0.2) is 0 Å². The number of hydrogen-bond acceptors (Lipinski definition) is 2. The maximum absolute atomic E-state index is 10.8. The summed E-state index contributed by atoms with van der Waals surface area (Å²) in [6.07, 6.45) is 4.48. The summed E-state index contributed by atoms with van der Waals surface area (Å²) < 4.78 is 6.38. The lowest BCUT2D eigenvalue weighted by Crippen LogP contribution is -2.43. The van der Waals surface area contributed by atoms with Crippen LogP contribution in [-0.4, -0.2) is 22.4 Å². The Hall–Kier alpha value is -0.0800. The first-order valence-electron chi connectivity index (χ1n) is 7.26. The molecule has 17 heavy (non-hydrogen) atoms. The second-order valence-electron chi connectivity index (χ2n) is 7.34. The average molecular weight is 238 g/mol. The van der Waals surface area contributed by atoms with Gasteiger partial charge in [-0.1, -0.05) is 13.8 Å². The molecule has 3 aliphatic rings. The Morgan fingerprint density at radius 2 is 1.76 bits per heavy atom. The molecule has 1 saturated heterocycles. The predicted molar refractivity (Wildman–Crippen MR) is 67.7 cm³/mol. The summed E-state index contributed by atoms with van der Waals surface area (Å²) in [6, 6.07) is 0. The normalized spacial score (nSPS) is 57.5. The van der Waals surface area contributed by atoms with E-state index in [0.717, 1.165) is 19.3 Å². The van der Waals surface area contributed by atoms with Crippen molar-refractivity contribution in [2.45, 2.75) is 70.7 Å². The van der Waals surface area contributed by atoms with Crippen LogP contribution in [0.3, 0.4) is 0 Å². The molecule has 3 rings (SSSR count). The van der Waals surface area contributed by atoms with Gasteiger partial charge in [0, 0.05) is 5.92 Å². The van der Waals surface area contributed by atoms with E-state index in [4.69, 9.17) is 4.74 Å². The highest BCUT2D eigenvalue weighted by molar-refractivity contribution is 5.14. The van der Waals surface area contributed by atoms with E-state index in [1.165, 1.54) is 6.42 Å². The molecule has 0 aromatic heterocycles. The highest BCUT2D eigenvalue weighted by Gasteiger charge is 2.66. The number of aliphatic hydroxyl groups is 1. The van der Waals surface area contributed by atoms with Crippen molar-refractivity contribution in [2.24, 2.45) is 23.7 Å². The molecule has 3 fully saturated rings. The van der Waals surface area contributed by atoms with Gasteiger partial charge in [-0.05, 0) is 57.3 Å². The van der Waals surface area contributed by atoms with E-state index in [2.05, 4.69) is 27.7 Å². The van der Waals surface area contributed by atoms with Crippen molar-refractivity contribution in [3.63, 3.8) is 0 Å². The Labute approximate surface area is 105 Å². The zero-order chi connectivity index (χ0) is 12.4. The van der Waals surface area contributed by atoms with Gasteiger partial charge in [0.1, 0.15) is 0 Å².